The zero-order valence-electron chi connectivity index (χ0n) is 27.6. The van der Waals surface area contributed by atoms with E-state index in [1.54, 1.807) is 18.2 Å². The zero-order valence-corrected chi connectivity index (χ0v) is 36.2. The minimum absolute atomic E-state index is 0.109. The summed E-state index contributed by atoms with van der Waals surface area (Å²) < 4.78 is 9.03. The smallest absolute Gasteiger partial charge is 0.326 e. The van der Waals surface area contributed by atoms with Crippen LogP contribution in [0.2, 0.25) is 0 Å². The maximum Gasteiger partial charge on any atom is 0.326 e. The Morgan fingerprint density at radius 3 is 2.24 bits per heavy atom. The third-order valence-electron chi connectivity index (χ3n) is 8.73. The molecule has 1 unspecified atom stereocenters. The molecule has 3 aromatic rings. The quantitative estimate of drug-likeness (QED) is 0.0456. The average molecular weight is 1150 g/mol. The number of carbonyl (C=O) groups is 2. The molecule has 4 rings (SSSR count). The Morgan fingerprint density at radius 2 is 1.59 bits per heavy atom. The van der Waals surface area contributed by atoms with Crippen molar-refractivity contribution < 1.29 is 39.9 Å². The highest BCUT2D eigenvalue weighted by atomic mass is 127. The van der Waals surface area contributed by atoms with Crippen molar-refractivity contribution in [2.45, 2.75) is 75.7 Å². The number of rotatable bonds is 17. The van der Waals surface area contributed by atoms with Crippen LogP contribution in [0.1, 0.15) is 49.7 Å². The van der Waals surface area contributed by atoms with Crippen LogP contribution in [0.4, 0.5) is 0 Å². The number of aromatic hydroxyl groups is 1. The second kappa shape index (κ2) is 20.8. The summed E-state index contributed by atoms with van der Waals surface area (Å²) in [6, 6.07) is 16.0. The van der Waals surface area contributed by atoms with Crippen LogP contribution in [0.25, 0.3) is 0 Å². The minimum atomic E-state index is -1.12. The van der Waals surface area contributed by atoms with E-state index in [0.29, 0.717) is 44.3 Å². The highest BCUT2D eigenvalue weighted by molar-refractivity contribution is 14.1. The van der Waals surface area contributed by atoms with Gasteiger partial charge in [-0.25, -0.2) is 4.79 Å². The Hall–Kier alpha value is -1.52. The van der Waals surface area contributed by atoms with Gasteiger partial charge in [-0.15, -0.1) is 0 Å². The van der Waals surface area contributed by atoms with E-state index >= 15 is 0 Å². The van der Waals surface area contributed by atoms with Crippen molar-refractivity contribution in [1.82, 2.24) is 5.32 Å². The number of carboxylic acid groups (broad SMARTS) is 1. The summed E-state index contributed by atoms with van der Waals surface area (Å²) in [6.45, 7) is 0. The lowest BCUT2D eigenvalue weighted by Crippen LogP contribution is -2.42. The van der Waals surface area contributed by atoms with E-state index in [-0.39, 0.29) is 42.8 Å². The summed E-state index contributed by atoms with van der Waals surface area (Å²) in [6.07, 6.45) is 9.04. The standard InChI is InChI=1S/C38H41I4NO8/c39-28-19-25(20-29(40)36(28)48)51-37-30(41)16-23(17-31(37)42)18-32(38(49)50)43-35(47)11-7-2-1-6-10-26-27(34(46)21-33(26)45)15-14-24(44)13-12-22-8-4-3-5-9-22/h1,3-6,8-9,14-17,19-20,24,26-27,32-34,44-46,48H,2,7,10-13,18,21H2,(H,43,47)(H,49,50)/b6-1-,15-14+/t24-,26+,27+,32?,33-,34+/m0/s1. The van der Waals surface area contributed by atoms with Crippen LogP contribution in [0.5, 0.6) is 17.2 Å². The van der Waals surface area contributed by atoms with Crippen LogP contribution in [0, 0.1) is 26.1 Å². The van der Waals surface area contributed by atoms with Crippen molar-refractivity contribution in [2.24, 2.45) is 11.8 Å². The molecule has 3 aromatic carbocycles. The largest absolute Gasteiger partial charge is 0.506 e. The first-order valence-electron chi connectivity index (χ1n) is 16.6. The number of nitrogens with one attached hydrogen (secondary N) is 1. The maximum atomic E-state index is 12.7. The van der Waals surface area contributed by atoms with E-state index in [0.717, 1.165) is 24.7 Å². The first-order chi connectivity index (χ1) is 24.3. The lowest BCUT2D eigenvalue weighted by Gasteiger charge is -2.19. The molecule has 1 fully saturated rings. The molecule has 51 heavy (non-hydrogen) atoms. The zero-order chi connectivity index (χ0) is 37.1. The SMILES string of the molecule is O=C(CCC/C=C\C[C@@H]1[C@@H](/C=C/[C@@H](O)CCc2ccccc2)[C@H](O)C[C@@H]1O)NC(Cc1cc(I)c(Oc2cc(I)c(O)c(I)c2)c(I)c1)C(=O)O. The summed E-state index contributed by atoms with van der Waals surface area (Å²) >= 11 is 8.37. The second-order valence-electron chi connectivity index (χ2n) is 12.6. The first kappa shape index (κ1) is 42.2. The van der Waals surface area contributed by atoms with Gasteiger partial charge in [0.25, 0.3) is 0 Å². The highest BCUT2D eigenvalue weighted by Crippen LogP contribution is 2.38. The Morgan fingerprint density at radius 1 is 0.922 bits per heavy atom. The third-order valence-corrected chi connectivity index (χ3v) is 12.0. The second-order valence-corrected chi connectivity index (χ2v) is 17.2. The molecule has 6 N–H and O–H groups in total. The molecule has 9 nitrogen and oxygen atoms in total. The molecular formula is C38H41I4NO8. The number of halogens is 4. The van der Waals surface area contributed by atoms with Crippen molar-refractivity contribution in [1.29, 1.82) is 0 Å². The number of carbonyl (C=O) groups excluding carboxylic acids is 1. The monoisotopic (exact) mass is 1150 g/mol. The molecule has 0 aliphatic heterocycles. The molecule has 13 heteroatoms. The first-order valence-corrected chi connectivity index (χ1v) is 20.9. The van der Waals surface area contributed by atoms with E-state index in [4.69, 9.17) is 4.74 Å². The number of phenolic OH excluding ortho intramolecular Hbond substituents is 1. The predicted octanol–water partition coefficient (Wildman–Crippen LogP) is 7.74. The number of ether oxygens (including phenoxy) is 1. The molecule has 0 bridgehead atoms. The summed E-state index contributed by atoms with van der Waals surface area (Å²) in [4.78, 5) is 24.8. The van der Waals surface area contributed by atoms with E-state index < -0.39 is 30.3 Å². The number of phenols is 1. The molecule has 6 atom stereocenters. The third kappa shape index (κ3) is 13.1. The number of carboxylic acids is 1. The average Bonchev–Trinajstić information content (AvgIpc) is 3.35. The number of benzene rings is 3. The number of aliphatic hydroxyl groups excluding tert-OH is 3. The normalized spacial score (nSPS) is 20.1. The summed E-state index contributed by atoms with van der Waals surface area (Å²) in [5.41, 5.74) is 1.90. The molecule has 1 saturated carbocycles. The van der Waals surface area contributed by atoms with Gasteiger partial charge in [0.05, 0.1) is 32.6 Å². The fourth-order valence-corrected chi connectivity index (χ4v) is 9.85. The molecule has 1 aliphatic rings. The minimum Gasteiger partial charge on any atom is -0.506 e. The number of amides is 1. The number of hydrogen-bond donors (Lipinski definition) is 6. The summed E-state index contributed by atoms with van der Waals surface area (Å²) in [7, 11) is 0. The van der Waals surface area contributed by atoms with Crippen LogP contribution in [0.3, 0.4) is 0 Å². The number of hydrogen-bond acceptors (Lipinski definition) is 7. The van der Waals surface area contributed by atoms with Gasteiger partial charge in [0.15, 0.2) is 5.75 Å². The Bertz CT molecular complexity index is 1660. The van der Waals surface area contributed by atoms with E-state index in [1.165, 1.54) is 0 Å². The van der Waals surface area contributed by atoms with Crippen molar-refractivity contribution in [3.63, 3.8) is 0 Å². The number of unbranched alkanes of at least 4 members (excludes halogenated alkanes) is 1. The predicted molar refractivity (Wildman–Crippen MR) is 230 cm³/mol. The van der Waals surface area contributed by atoms with Crippen molar-refractivity contribution >= 4 is 102 Å². The fraction of sp³-hybridized carbons (Fsp3) is 0.368. The topological polar surface area (TPSA) is 157 Å². The van der Waals surface area contributed by atoms with E-state index in [1.807, 2.05) is 106 Å². The Kier molecular flexibility index (Phi) is 17.2. The fourth-order valence-electron chi connectivity index (χ4n) is 6.02. The van der Waals surface area contributed by atoms with Crippen molar-refractivity contribution in [3.05, 3.63) is 104 Å². The van der Waals surface area contributed by atoms with Gasteiger partial charge >= 0.3 is 5.97 Å². The maximum absolute atomic E-state index is 12.7. The molecule has 0 saturated heterocycles. The molecule has 0 heterocycles. The number of aliphatic carboxylic acids is 1. The molecule has 0 aromatic heterocycles. The van der Waals surface area contributed by atoms with Crippen molar-refractivity contribution in [3.8, 4) is 17.2 Å². The molecule has 274 valence electrons. The molecule has 1 aliphatic carbocycles. The Balaban J connectivity index is 1.22. The number of aryl methyl sites for hydroxylation is 1. The Labute approximate surface area is 352 Å². The van der Waals surface area contributed by atoms with Crippen LogP contribution in [0.15, 0.2) is 78.9 Å². The van der Waals surface area contributed by atoms with E-state index in [2.05, 4.69) is 50.5 Å². The molecule has 1 amide bonds. The lowest BCUT2D eigenvalue weighted by molar-refractivity contribution is -0.141. The van der Waals surface area contributed by atoms with Gasteiger partial charge in [-0.05, 0) is 164 Å². The number of allylic oxidation sites excluding steroid dienone is 2. The van der Waals surface area contributed by atoms with Gasteiger partial charge in [-0.2, -0.15) is 0 Å². The van der Waals surface area contributed by atoms with Crippen LogP contribution in [-0.2, 0) is 22.4 Å². The van der Waals surface area contributed by atoms with Gasteiger partial charge in [0.1, 0.15) is 17.5 Å². The highest BCUT2D eigenvalue weighted by Gasteiger charge is 2.39. The molecule has 0 spiro atoms. The molecular weight excluding hydrogens is 1110 g/mol. The van der Waals surface area contributed by atoms with Gasteiger partial charge in [0.2, 0.25) is 5.91 Å². The van der Waals surface area contributed by atoms with Gasteiger partial charge in [-0.3, -0.25) is 4.79 Å². The summed E-state index contributed by atoms with van der Waals surface area (Å²) in [5, 5.41) is 54.2. The van der Waals surface area contributed by atoms with E-state index in [9.17, 15) is 35.1 Å². The number of aliphatic hydroxyl groups is 3. The summed E-state index contributed by atoms with van der Waals surface area (Å²) in [5.74, 6) is -0.506. The van der Waals surface area contributed by atoms with Crippen molar-refractivity contribution in [2.75, 3.05) is 0 Å². The molecule has 0 radical (unpaired) electrons. The lowest BCUT2D eigenvalue weighted by atomic mass is 9.89. The van der Waals surface area contributed by atoms with Crippen LogP contribution in [-0.4, -0.2) is 61.8 Å². The van der Waals surface area contributed by atoms with Gasteiger partial charge in [0, 0.05) is 25.2 Å². The van der Waals surface area contributed by atoms with Gasteiger partial charge in [-0.1, -0.05) is 54.6 Å². The van der Waals surface area contributed by atoms with Crippen LogP contribution < -0.4 is 10.1 Å². The van der Waals surface area contributed by atoms with Gasteiger partial charge < -0.3 is 35.6 Å². The van der Waals surface area contributed by atoms with Crippen LogP contribution >= 0.6 is 90.4 Å².